The van der Waals surface area contributed by atoms with E-state index in [0.29, 0.717) is 35.8 Å². The van der Waals surface area contributed by atoms with Crippen LogP contribution in [0.4, 0.5) is 39.4 Å². The minimum absolute atomic E-state index is 0.129. The van der Waals surface area contributed by atoms with Crippen LogP contribution in [-0.4, -0.2) is 48.2 Å². The number of carbonyl (C=O) groups excluding carboxylic acids is 1. The SMILES string of the molecule is CN(C)c1nc(NC2CCC(N(C(=O)C(F)(F)F)c3ccc(F)c(F)c3)CC2)nc2ccccc12. The summed E-state index contributed by atoms with van der Waals surface area (Å²) in [5.74, 6) is -3.49. The van der Waals surface area contributed by atoms with Gasteiger partial charge in [-0.05, 0) is 49.9 Å². The predicted octanol–water partition coefficient (Wildman–Crippen LogP) is 5.29. The van der Waals surface area contributed by atoms with Crippen LogP contribution in [0.25, 0.3) is 10.9 Å². The first-order chi connectivity index (χ1) is 16.5. The summed E-state index contributed by atoms with van der Waals surface area (Å²) in [5, 5.41) is 4.15. The highest BCUT2D eigenvalue weighted by atomic mass is 19.4. The first-order valence-electron chi connectivity index (χ1n) is 11.1. The summed E-state index contributed by atoms with van der Waals surface area (Å²) >= 11 is 0. The third kappa shape index (κ3) is 5.28. The third-order valence-electron chi connectivity index (χ3n) is 6.04. The topological polar surface area (TPSA) is 61.4 Å². The van der Waals surface area contributed by atoms with E-state index in [1.807, 2.05) is 43.3 Å². The van der Waals surface area contributed by atoms with Crippen LogP contribution in [0.15, 0.2) is 42.5 Å². The van der Waals surface area contributed by atoms with Gasteiger partial charge in [0, 0.05) is 43.3 Å². The molecule has 2 aromatic carbocycles. The molecule has 1 amide bonds. The molecule has 186 valence electrons. The van der Waals surface area contributed by atoms with E-state index in [2.05, 4.69) is 15.3 Å². The number of fused-ring (bicyclic) bond motifs is 1. The van der Waals surface area contributed by atoms with Gasteiger partial charge in [0.05, 0.1) is 5.52 Å². The summed E-state index contributed by atoms with van der Waals surface area (Å²) in [6.45, 7) is 0. The van der Waals surface area contributed by atoms with Gasteiger partial charge in [-0.25, -0.2) is 13.8 Å². The second kappa shape index (κ2) is 9.63. The molecule has 1 N–H and O–H groups in total. The number of nitrogens with one attached hydrogen (secondary N) is 1. The first kappa shape index (κ1) is 24.6. The zero-order chi connectivity index (χ0) is 25.3. The summed E-state index contributed by atoms with van der Waals surface area (Å²) < 4.78 is 67.1. The van der Waals surface area contributed by atoms with E-state index >= 15 is 0 Å². The number of anilines is 3. The van der Waals surface area contributed by atoms with E-state index in [4.69, 9.17) is 0 Å². The minimum atomic E-state index is -5.15. The molecule has 6 nitrogen and oxygen atoms in total. The molecule has 0 saturated heterocycles. The predicted molar refractivity (Wildman–Crippen MR) is 123 cm³/mol. The van der Waals surface area contributed by atoms with Gasteiger partial charge in [-0.3, -0.25) is 4.79 Å². The monoisotopic (exact) mass is 493 g/mol. The Balaban J connectivity index is 1.52. The number of benzene rings is 2. The molecule has 11 heteroatoms. The molecule has 0 atom stereocenters. The maximum absolute atomic E-state index is 13.7. The maximum atomic E-state index is 13.7. The highest BCUT2D eigenvalue weighted by Gasteiger charge is 2.46. The summed E-state index contributed by atoms with van der Waals surface area (Å²) in [6, 6.07) is 8.93. The summed E-state index contributed by atoms with van der Waals surface area (Å²) in [7, 11) is 3.74. The Kier molecular flexibility index (Phi) is 6.77. The first-order valence-corrected chi connectivity index (χ1v) is 11.1. The van der Waals surface area contributed by atoms with E-state index in [0.717, 1.165) is 22.8 Å². The van der Waals surface area contributed by atoms with Crippen LogP contribution in [0, 0.1) is 11.6 Å². The van der Waals surface area contributed by atoms with Gasteiger partial charge in [0.15, 0.2) is 11.6 Å². The molecule has 1 fully saturated rings. The average molecular weight is 493 g/mol. The molecule has 1 heterocycles. The van der Waals surface area contributed by atoms with Gasteiger partial charge < -0.3 is 15.1 Å². The van der Waals surface area contributed by atoms with Crippen molar-refractivity contribution < 1.29 is 26.7 Å². The van der Waals surface area contributed by atoms with Crippen LogP contribution in [0.3, 0.4) is 0 Å². The number of halogens is 5. The van der Waals surface area contributed by atoms with Crippen LogP contribution in [0.2, 0.25) is 0 Å². The average Bonchev–Trinajstić information content (AvgIpc) is 2.81. The number of hydrogen-bond donors (Lipinski definition) is 1. The van der Waals surface area contributed by atoms with Gasteiger partial charge in [0.2, 0.25) is 5.95 Å². The molecule has 0 unspecified atom stereocenters. The van der Waals surface area contributed by atoms with Gasteiger partial charge in [-0.1, -0.05) is 12.1 Å². The number of hydrogen-bond acceptors (Lipinski definition) is 5. The van der Waals surface area contributed by atoms with Gasteiger partial charge in [0.25, 0.3) is 0 Å². The second-order valence-corrected chi connectivity index (χ2v) is 8.70. The second-order valence-electron chi connectivity index (χ2n) is 8.70. The number of aromatic nitrogens is 2. The molecule has 1 aromatic heterocycles. The van der Waals surface area contributed by atoms with Crippen molar-refractivity contribution in [1.82, 2.24) is 9.97 Å². The van der Waals surface area contributed by atoms with E-state index < -0.39 is 29.8 Å². The lowest BCUT2D eigenvalue weighted by Crippen LogP contribution is -2.49. The number of amides is 1. The normalized spacial score (nSPS) is 18.4. The van der Waals surface area contributed by atoms with Crippen molar-refractivity contribution in [1.29, 1.82) is 0 Å². The summed E-state index contributed by atoms with van der Waals surface area (Å²) in [5.41, 5.74) is 0.429. The van der Waals surface area contributed by atoms with Crippen LogP contribution in [0.5, 0.6) is 0 Å². The van der Waals surface area contributed by atoms with Crippen molar-refractivity contribution in [3.8, 4) is 0 Å². The van der Waals surface area contributed by atoms with Crippen molar-refractivity contribution in [2.75, 3.05) is 29.2 Å². The lowest BCUT2D eigenvalue weighted by molar-refractivity contribution is -0.171. The fourth-order valence-electron chi connectivity index (χ4n) is 4.39. The molecule has 0 radical (unpaired) electrons. The van der Waals surface area contributed by atoms with E-state index in [-0.39, 0.29) is 24.6 Å². The van der Waals surface area contributed by atoms with Crippen molar-refractivity contribution in [3.05, 3.63) is 54.1 Å². The van der Waals surface area contributed by atoms with E-state index in [1.165, 1.54) is 0 Å². The Hall–Kier alpha value is -3.50. The largest absolute Gasteiger partial charge is 0.471 e. The van der Waals surface area contributed by atoms with Crippen molar-refractivity contribution in [3.63, 3.8) is 0 Å². The van der Waals surface area contributed by atoms with Crippen LogP contribution in [-0.2, 0) is 4.79 Å². The fourth-order valence-corrected chi connectivity index (χ4v) is 4.39. The van der Waals surface area contributed by atoms with Crippen molar-refractivity contribution in [2.45, 2.75) is 43.9 Å². The van der Waals surface area contributed by atoms with Gasteiger partial charge in [0.1, 0.15) is 5.82 Å². The lowest BCUT2D eigenvalue weighted by atomic mass is 9.89. The quantitative estimate of drug-likeness (QED) is 0.490. The Morgan fingerprint density at radius 1 is 0.971 bits per heavy atom. The molecule has 0 aliphatic heterocycles. The van der Waals surface area contributed by atoms with Crippen LogP contribution >= 0.6 is 0 Å². The molecular formula is C24H24F5N5O. The number of nitrogens with zero attached hydrogens (tertiary/aromatic N) is 4. The molecule has 0 spiro atoms. The molecular weight excluding hydrogens is 469 g/mol. The zero-order valence-electron chi connectivity index (χ0n) is 19.1. The molecule has 35 heavy (non-hydrogen) atoms. The third-order valence-corrected chi connectivity index (χ3v) is 6.04. The lowest BCUT2D eigenvalue weighted by Gasteiger charge is -2.37. The number of rotatable bonds is 5. The smallest absolute Gasteiger partial charge is 0.362 e. The number of carbonyl (C=O) groups is 1. The summed E-state index contributed by atoms with van der Waals surface area (Å²) in [6.07, 6.45) is -3.83. The van der Waals surface area contributed by atoms with E-state index in [9.17, 15) is 26.7 Å². The highest BCUT2D eigenvalue weighted by Crippen LogP contribution is 2.33. The highest BCUT2D eigenvalue weighted by molar-refractivity contribution is 5.98. The van der Waals surface area contributed by atoms with Crippen molar-refractivity contribution >= 4 is 34.3 Å². The molecule has 3 aromatic rings. The summed E-state index contributed by atoms with van der Waals surface area (Å²) in [4.78, 5) is 23.8. The van der Waals surface area contributed by atoms with Gasteiger partial charge >= 0.3 is 12.1 Å². The number of alkyl halides is 3. The molecule has 1 aliphatic rings. The maximum Gasteiger partial charge on any atom is 0.471 e. The zero-order valence-corrected chi connectivity index (χ0v) is 19.1. The van der Waals surface area contributed by atoms with Gasteiger partial charge in [-0.15, -0.1) is 0 Å². The minimum Gasteiger partial charge on any atom is -0.362 e. The Morgan fingerprint density at radius 3 is 2.29 bits per heavy atom. The Bertz CT molecular complexity index is 1220. The molecule has 0 bridgehead atoms. The van der Waals surface area contributed by atoms with Crippen LogP contribution < -0.4 is 15.1 Å². The van der Waals surface area contributed by atoms with E-state index in [1.54, 1.807) is 0 Å². The van der Waals surface area contributed by atoms with Crippen LogP contribution in [0.1, 0.15) is 25.7 Å². The standard InChI is InChI=1S/C24H24F5N5O/c1-33(2)21-17-5-3-4-6-20(17)31-23(32-21)30-14-7-9-15(10-8-14)34(22(35)24(27,28)29)16-11-12-18(25)19(26)13-16/h3-6,11-15H,7-10H2,1-2H3,(H,30,31,32). The molecule has 1 saturated carbocycles. The number of para-hydroxylation sites is 1. The molecule has 1 aliphatic carbocycles. The Morgan fingerprint density at radius 2 is 1.66 bits per heavy atom. The molecule has 4 rings (SSSR count). The fraction of sp³-hybridized carbons (Fsp3) is 0.375. The van der Waals surface area contributed by atoms with Gasteiger partial charge in [-0.2, -0.15) is 18.2 Å². The Labute approximate surface area is 198 Å². The van der Waals surface area contributed by atoms with Crippen molar-refractivity contribution in [2.24, 2.45) is 0 Å².